The van der Waals surface area contributed by atoms with Gasteiger partial charge in [-0.1, -0.05) is 18.2 Å². The summed E-state index contributed by atoms with van der Waals surface area (Å²) in [5.74, 6) is 1.96. The highest BCUT2D eigenvalue weighted by molar-refractivity contribution is 7.99. The monoisotopic (exact) mass is 262 g/mol. The van der Waals surface area contributed by atoms with E-state index in [1.807, 2.05) is 11.8 Å². The summed E-state index contributed by atoms with van der Waals surface area (Å²) in [5, 5.41) is 0. The maximum atomic E-state index is 5.86. The molecular weight excluding hydrogens is 240 g/mol. The fourth-order valence-corrected chi connectivity index (χ4v) is 4.38. The number of nitrogens with zero attached hydrogens (tertiary/aromatic N) is 1. The van der Waals surface area contributed by atoms with E-state index in [0.717, 1.165) is 6.54 Å². The first-order valence-electron chi connectivity index (χ1n) is 7.04. The Hall–Kier alpha value is -0.510. The van der Waals surface area contributed by atoms with Crippen LogP contribution in [0, 0.1) is 5.92 Å². The van der Waals surface area contributed by atoms with Crippen molar-refractivity contribution in [2.45, 2.75) is 30.2 Å². The van der Waals surface area contributed by atoms with Gasteiger partial charge in [-0.25, -0.2) is 0 Å². The molecule has 0 aliphatic carbocycles. The predicted octanol–water partition coefficient (Wildman–Crippen LogP) is 2.89. The van der Waals surface area contributed by atoms with E-state index in [4.69, 9.17) is 5.73 Å². The number of rotatable bonds is 2. The molecule has 2 aliphatic rings. The number of benzene rings is 1. The summed E-state index contributed by atoms with van der Waals surface area (Å²) in [6.45, 7) is 3.29. The van der Waals surface area contributed by atoms with E-state index in [1.54, 1.807) is 5.56 Å². The molecule has 0 saturated carbocycles. The Morgan fingerprint density at radius 2 is 2.17 bits per heavy atom. The van der Waals surface area contributed by atoms with Crippen LogP contribution in [-0.4, -0.2) is 30.3 Å². The summed E-state index contributed by atoms with van der Waals surface area (Å²) >= 11 is 2.01. The number of piperidine rings is 1. The van der Waals surface area contributed by atoms with E-state index < -0.39 is 0 Å². The normalized spacial score (nSPS) is 28.9. The van der Waals surface area contributed by atoms with Gasteiger partial charge in [-0.15, -0.1) is 11.8 Å². The maximum absolute atomic E-state index is 5.86. The van der Waals surface area contributed by atoms with Gasteiger partial charge in [0.1, 0.15) is 0 Å². The van der Waals surface area contributed by atoms with Gasteiger partial charge in [-0.3, -0.25) is 4.90 Å². The van der Waals surface area contributed by atoms with Gasteiger partial charge in [0.15, 0.2) is 0 Å². The first-order chi connectivity index (χ1) is 8.88. The molecule has 2 unspecified atom stereocenters. The molecule has 0 radical (unpaired) electrons. The van der Waals surface area contributed by atoms with Crippen LogP contribution < -0.4 is 5.73 Å². The van der Waals surface area contributed by atoms with Crippen LogP contribution in [0.2, 0.25) is 0 Å². The lowest BCUT2D eigenvalue weighted by atomic mass is 9.93. The molecule has 2 atom stereocenters. The highest BCUT2D eigenvalue weighted by Gasteiger charge is 2.29. The molecule has 2 aliphatic heterocycles. The summed E-state index contributed by atoms with van der Waals surface area (Å²) < 4.78 is 0. The molecule has 0 aromatic heterocycles. The van der Waals surface area contributed by atoms with Gasteiger partial charge in [0, 0.05) is 17.5 Å². The lowest BCUT2D eigenvalue weighted by Crippen LogP contribution is -2.41. The van der Waals surface area contributed by atoms with Crippen molar-refractivity contribution in [2.24, 2.45) is 11.7 Å². The topological polar surface area (TPSA) is 29.3 Å². The highest BCUT2D eigenvalue weighted by atomic mass is 32.2. The van der Waals surface area contributed by atoms with Crippen LogP contribution in [0.3, 0.4) is 0 Å². The van der Waals surface area contributed by atoms with Crippen LogP contribution >= 0.6 is 11.8 Å². The van der Waals surface area contributed by atoms with Crippen molar-refractivity contribution in [3.63, 3.8) is 0 Å². The molecule has 0 amide bonds. The molecule has 98 valence electrons. The van der Waals surface area contributed by atoms with Crippen molar-refractivity contribution in [3.05, 3.63) is 29.8 Å². The van der Waals surface area contributed by atoms with Gasteiger partial charge in [0.2, 0.25) is 0 Å². The van der Waals surface area contributed by atoms with Crippen LogP contribution in [0.4, 0.5) is 0 Å². The molecule has 2 N–H and O–H groups in total. The first-order valence-corrected chi connectivity index (χ1v) is 8.03. The van der Waals surface area contributed by atoms with Gasteiger partial charge in [0.05, 0.1) is 0 Å². The summed E-state index contributed by atoms with van der Waals surface area (Å²) in [4.78, 5) is 4.17. The molecule has 3 rings (SSSR count). The van der Waals surface area contributed by atoms with E-state index in [2.05, 4.69) is 29.2 Å². The van der Waals surface area contributed by atoms with Crippen LogP contribution in [0.1, 0.15) is 30.9 Å². The van der Waals surface area contributed by atoms with Gasteiger partial charge in [-0.2, -0.15) is 0 Å². The fraction of sp³-hybridized carbons (Fsp3) is 0.600. The number of nitrogens with two attached hydrogens (primary N) is 1. The van der Waals surface area contributed by atoms with Gasteiger partial charge in [-0.05, 0) is 55.7 Å². The molecular formula is C15H22N2S. The Labute approximate surface area is 114 Å². The molecule has 3 heteroatoms. The molecule has 0 spiro atoms. The van der Waals surface area contributed by atoms with Gasteiger partial charge < -0.3 is 5.73 Å². The molecule has 2 nitrogen and oxygen atoms in total. The largest absolute Gasteiger partial charge is 0.330 e. The second-order valence-electron chi connectivity index (χ2n) is 5.43. The zero-order valence-electron chi connectivity index (χ0n) is 10.8. The second-order valence-corrected chi connectivity index (χ2v) is 6.57. The fourth-order valence-electron chi connectivity index (χ4n) is 3.28. The van der Waals surface area contributed by atoms with Crippen molar-refractivity contribution >= 4 is 11.8 Å². The van der Waals surface area contributed by atoms with Crippen molar-refractivity contribution < 1.29 is 0 Å². The number of fused-ring (bicyclic) bond motifs is 1. The predicted molar refractivity (Wildman–Crippen MR) is 77.9 cm³/mol. The van der Waals surface area contributed by atoms with Crippen LogP contribution in [-0.2, 0) is 0 Å². The molecule has 0 bridgehead atoms. The van der Waals surface area contributed by atoms with E-state index in [-0.39, 0.29) is 0 Å². The molecule has 1 fully saturated rings. The first kappa shape index (κ1) is 12.5. The highest BCUT2D eigenvalue weighted by Crippen LogP contribution is 2.40. The molecule has 1 aromatic carbocycles. The standard InChI is InChI=1S/C15H22N2S/c16-10-12-4-3-8-17(11-12)14-7-9-18-15-6-2-1-5-13(14)15/h1-2,5-6,12,14H,3-4,7-11,16H2. The maximum Gasteiger partial charge on any atom is 0.0367 e. The molecule has 18 heavy (non-hydrogen) atoms. The van der Waals surface area contributed by atoms with Crippen LogP contribution in [0.15, 0.2) is 29.2 Å². The molecule has 1 saturated heterocycles. The Balaban J connectivity index is 1.80. The summed E-state index contributed by atoms with van der Waals surface area (Å²) in [7, 11) is 0. The van der Waals surface area contributed by atoms with Crippen LogP contribution in [0.25, 0.3) is 0 Å². The summed E-state index contributed by atoms with van der Waals surface area (Å²) in [5.41, 5.74) is 7.41. The zero-order chi connectivity index (χ0) is 12.4. The Morgan fingerprint density at radius 1 is 1.28 bits per heavy atom. The summed E-state index contributed by atoms with van der Waals surface area (Å²) in [6.07, 6.45) is 3.92. The lowest BCUT2D eigenvalue weighted by molar-refractivity contribution is 0.121. The molecule has 1 aromatic rings. The lowest BCUT2D eigenvalue weighted by Gasteiger charge is -2.40. The number of thioether (sulfide) groups is 1. The van der Waals surface area contributed by atoms with E-state index in [9.17, 15) is 0 Å². The average molecular weight is 262 g/mol. The number of hydrogen-bond acceptors (Lipinski definition) is 3. The SMILES string of the molecule is NCC1CCCN(C2CCSc3ccccc32)C1. The van der Waals surface area contributed by atoms with Crippen molar-refractivity contribution in [2.75, 3.05) is 25.4 Å². The summed E-state index contributed by atoms with van der Waals surface area (Å²) in [6, 6.07) is 9.57. The Morgan fingerprint density at radius 3 is 3.06 bits per heavy atom. The Bertz CT molecular complexity index is 407. The number of hydrogen-bond donors (Lipinski definition) is 1. The van der Waals surface area contributed by atoms with Gasteiger partial charge in [0.25, 0.3) is 0 Å². The third-order valence-corrected chi connectivity index (χ3v) is 5.37. The van der Waals surface area contributed by atoms with Crippen LogP contribution in [0.5, 0.6) is 0 Å². The van der Waals surface area contributed by atoms with E-state index >= 15 is 0 Å². The third-order valence-electron chi connectivity index (χ3n) is 4.25. The van der Waals surface area contributed by atoms with Gasteiger partial charge >= 0.3 is 0 Å². The van der Waals surface area contributed by atoms with Crippen molar-refractivity contribution in [1.82, 2.24) is 4.90 Å². The third kappa shape index (κ3) is 2.44. The average Bonchev–Trinajstić information content (AvgIpc) is 2.47. The van der Waals surface area contributed by atoms with Crippen molar-refractivity contribution in [3.8, 4) is 0 Å². The zero-order valence-corrected chi connectivity index (χ0v) is 11.7. The van der Waals surface area contributed by atoms with Crippen molar-refractivity contribution in [1.29, 1.82) is 0 Å². The quantitative estimate of drug-likeness (QED) is 0.888. The minimum Gasteiger partial charge on any atom is -0.330 e. The second kappa shape index (κ2) is 5.64. The minimum atomic E-state index is 0.636. The van der Waals surface area contributed by atoms with E-state index in [1.165, 1.54) is 43.0 Å². The smallest absolute Gasteiger partial charge is 0.0367 e. The minimum absolute atomic E-state index is 0.636. The Kier molecular flexibility index (Phi) is 3.92. The molecule has 2 heterocycles. The van der Waals surface area contributed by atoms with E-state index in [0.29, 0.717) is 12.0 Å². The number of likely N-dealkylation sites (tertiary alicyclic amines) is 1.